The summed E-state index contributed by atoms with van der Waals surface area (Å²) in [5, 5.41) is 11.2. The Kier molecular flexibility index (Phi) is 4.05. The maximum atomic E-state index is 13.0. The number of halogens is 2. The zero-order valence-corrected chi connectivity index (χ0v) is 8.88. The van der Waals surface area contributed by atoms with Crippen LogP contribution in [0, 0.1) is 5.82 Å². The van der Waals surface area contributed by atoms with Gasteiger partial charge in [-0.2, -0.15) is 0 Å². The van der Waals surface area contributed by atoms with Crippen molar-refractivity contribution in [2.75, 3.05) is 6.61 Å². The Morgan fingerprint density at radius 1 is 1.67 bits per heavy atom. The van der Waals surface area contributed by atoms with E-state index in [1.165, 1.54) is 12.1 Å². The summed E-state index contributed by atoms with van der Waals surface area (Å²) in [4.78, 5) is 11.4. The zero-order chi connectivity index (χ0) is 11.4. The summed E-state index contributed by atoms with van der Waals surface area (Å²) in [7, 11) is 0. The first-order valence-electron chi connectivity index (χ1n) is 4.41. The van der Waals surface area contributed by atoms with E-state index in [0.717, 1.165) is 6.07 Å². The largest absolute Gasteiger partial charge is 0.394 e. The minimum Gasteiger partial charge on any atom is -0.394 e. The van der Waals surface area contributed by atoms with Crippen molar-refractivity contribution in [2.24, 2.45) is 0 Å². The molecule has 82 valence electrons. The molecule has 1 aromatic carbocycles. The number of benzene rings is 1. The summed E-state index contributed by atoms with van der Waals surface area (Å²) in [6.45, 7) is 1.48. The predicted octanol–water partition coefficient (Wildman–Crippen LogP) is 1.59. The van der Waals surface area contributed by atoms with E-state index in [9.17, 15) is 9.18 Å². The third kappa shape index (κ3) is 3.18. The highest BCUT2D eigenvalue weighted by Gasteiger charge is 2.10. The molecule has 1 rings (SSSR count). The van der Waals surface area contributed by atoms with Crippen LogP contribution in [0.25, 0.3) is 0 Å². The topological polar surface area (TPSA) is 49.3 Å². The van der Waals surface area contributed by atoms with Crippen LogP contribution in [0.1, 0.15) is 17.3 Å². The lowest BCUT2D eigenvalue weighted by Crippen LogP contribution is -2.35. The fraction of sp³-hybridized carbons (Fsp3) is 0.300. The van der Waals surface area contributed by atoms with Crippen molar-refractivity contribution in [3.63, 3.8) is 0 Å². The van der Waals surface area contributed by atoms with Gasteiger partial charge in [-0.25, -0.2) is 4.39 Å². The lowest BCUT2D eigenvalue weighted by Gasteiger charge is -2.10. The molecule has 0 radical (unpaired) electrons. The first kappa shape index (κ1) is 11.9. The van der Waals surface area contributed by atoms with Crippen LogP contribution in [0.15, 0.2) is 18.2 Å². The number of hydrogen-bond acceptors (Lipinski definition) is 2. The Bertz CT molecular complexity index is 370. The minimum absolute atomic E-state index is 0.0262. The van der Waals surface area contributed by atoms with E-state index >= 15 is 0 Å². The Morgan fingerprint density at radius 3 is 2.87 bits per heavy atom. The molecule has 15 heavy (non-hydrogen) atoms. The molecule has 0 unspecified atom stereocenters. The van der Waals surface area contributed by atoms with Gasteiger partial charge in [0.05, 0.1) is 11.6 Å². The molecule has 0 heterocycles. The molecule has 0 aliphatic heterocycles. The number of carbonyl (C=O) groups excluding carboxylic acids is 1. The van der Waals surface area contributed by atoms with Crippen LogP contribution in [0.3, 0.4) is 0 Å². The quantitative estimate of drug-likeness (QED) is 0.830. The van der Waals surface area contributed by atoms with Crippen molar-refractivity contribution < 1.29 is 14.3 Å². The predicted molar refractivity (Wildman–Crippen MR) is 55.4 cm³/mol. The van der Waals surface area contributed by atoms with Gasteiger partial charge in [0.15, 0.2) is 0 Å². The SMILES string of the molecule is C[C@H](CO)NC(=O)c1ccc(Cl)c(F)c1. The fourth-order valence-corrected chi connectivity index (χ4v) is 1.11. The number of amides is 1. The molecular weight excluding hydrogens is 221 g/mol. The van der Waals surface area contributed by atoms with Crippen LogP contribution >= 0.6 is 11.6 Å². The number of rotatable bonds is 3. The van der Waals surface area contributed by atoms with E-state index in [0.29, 0.717) is 0 Å². The highest BCUT2D eigenvalue weighted by molar-refractivity contribution is 6.30. The molecule has 0 aliphatic carbocycles. The summed E-state index contributed by atoms with van der Waals surface area (Å²) in [5.74, 6) is -1.08. The third-order valence-corrected chi connectivity index (χ3v) is 2.14. The van der Waals surface area contributed by atoms with Crippen LogP contribution < -0.4 is 5.32 Å². The van der Waals surface area contributed by atoms with Crippen molar-refractivity contribution in [1.29, 1.82) is 0 Å². The number of nitrogens with one attached hydrogen (secondary N) is 1. The maximum Gasteiger partial charge on any atom is 0.251 e. The van der Waals surface area contributed by atoms with E-state index in [1.807, 2.05) is 0 Å². The second kappa shape index (κ2) is 5.09. The molecule has 0 aromatic heterocycles. The summed E-state index contributed by atoms with van der Waals surface area (Å²) in [6, 6.07) is 3.43. The molecular formula is C10H11ClFNO2. The summed E-state index contributed by atoms with van der Waals surface area (Å²) < 4.78 is 13.0. The first-order valence-corrected chi connectivity index (χ1v) is 4.79. The zero-order valence-electron chi connectivity index (χ0n) is 8.13. The van der Waals surface area contributed by atoms with Gasteiger partial charge < -0.3 is 10.4 Å². The molecule has 0 saturated carbocycles. The van der Waals surface area contributed by atoms with Gasteiger partial charge in [0.1, 0.15) is 5.82 Å². The molecule has 0 aliphatic rings. The molecule has 0 fully saturated rings. The molecule has 0 bridgehead atoms. The molecule has 3 nitrogen and oxygen atoms in total. The first-order chi connectivity index (χ1) is 7.04. The number of carbonyl (C=O) groups is 1. The standard InChI is InChI=1S/C10H11ClFNO2/c1-6(5-14)13-10(15)7-2-3-8(11)9(12)4-7/h2-4,6,14H,5H2,1H3,(H,13,15)/t6-/m1/s1. The number of hydrogen-bond donors (Lipinski definition) is 2. The molecule has 1 atom stereocenters. The van der Waals surface area contributed by atoms with Gasteiger partial charge in [-0.3, -0.25) is 4.79 Å². The number of aliphatic hydroxyl groups excluding tert-OH is 1. The highest BCUT2D eigenvalue weighted by atomic mass is 35.5. The summed E-state index contributed by atoms with van der Waals surface area (Å²) in [6.07, 6.45) is 0. The minimum atomic E-state index is -0.638. The second-order valence-corrected chi connectivity index (χ2v) is 3.59. The Hall–Kier alpha value is -1.13. The van der Waals surface area contributed by atoms with Gasteiger partial charge in [-0.1, -0.05) is 11.6 Å². The Labute approximate surface area is 91.9 Å². The van der Waals surface area contributed by atoms with E-state index in [4.69, 9.17) is 16.7 Å². The van der Waals surface area contributed by atoms with Crippen molar-refractivity contribution >= 4 is 17.5 Å². The average molecular weight is 232 g/mol. The van der Waals surface area contributed by atoms with Gasteiger partial charge in [-0.05, 0) is 25.1 Å². The smallest absolute Gasteiger partial charge is 0.251 e. The molecule has 0 spiro atoms. The van der Waals surface area contributed by atoms with Gasteiger partial charge in [0.25, 0.3) is 5.91 Å². The Balaban J connectivity index is 2.78. The van der Waals surface area contributed by atoms with Gasteiger partial charge >= 0.3 is 0 Å². The summed E-state index contributed by atoms with van der Waals surface area (Å²) in [5.41, 5.74) is 0.178. The van der Waals surface area contributed by atoms with Gasteiger partial charge in [0.2, 0.25) is 0 Å². The fourth-order valence-electron chi connectivity index (χ4n) is 0.990. The monoisotopic (exact) mass is 231 g/mol. The van der Waals surface area contributed by atoms with Crippen LogP contribution in [0.4, 0.5) is 4.39 Å². The average Bonchev–Trinajstić information content (AvgIpc) is 2.21. The normalized spacial score (nSPS) is 12.3. The van der Waals surface area contributed by atoms with Crippen molar-refractivity contribution in [2.45, 2.75) is 13.0 Å². The van der Waals surface area contributed by atoms with E-state index < -0.39 is 11.7 Å². The van der Waals surface area contributed by atoms with Gasteiger partial charge in [-0.15, -0.1) is 0 Å². The van der Waals surface area contributed by atoms with Crippen molar-refractivity contribution in [1.82, 2.24) is 5.32 Å². The van der Waals surface area contributed by atoms with E-state index in [2.05, 4.69) is 5.32 Å². The molecule has 0 saturated heterocycles. The maximum absolute atomic E-state index is 13.0. The third-order valence-electron chi connectivity index (χ3n) is 1.83. The second-order valence-electron chi connectivity index (χ2n) is 3.19. The van der Waals surface area contributed by atoms with E-state index in [1.54, 1.807) is 6.92 Å². The van der Waals surface area contributed by atoms with Gasteiger partial charge in [0, 0.05) is 11.6 Å². The molecule has 2 N–H and O–H groups in total. The van der Waals surface area contributed by atoms with Crippen molar-refractivity contribution in [3.05, 3.63) is 34.6 Å². The van der Waals surface area contributed by atoms with E-state index in [-0.39, 0.29) is 23.2 Å². The molecule has 1 aromatic rings. The van der Waals surface area contributed by atoms with Crippen LogP contribution in [0.2, 0.25) is 5.02 Å². The lowest BCUT2D eigenvalue weighted by molar-refractivity contribution is 0.0922. The van der Waals surface area contributed by atoms with Crippen LogP contribution in [-0.2, 0) is 0 Å². The highest BCUT2D eigenvalue weighted by Crippen LogP contribution is 2.15. The summed E-state index contributed by atoms with van der Waals surface area (Å²) >= 11 is 5.47. The van der Waals surface area contributed by atoms with Crippen molar-refractivity contribution in [3.8, 4) is 0 Å². The number of aliphatic hydroxyl groups is 1. The molecule has 1 amide bonds. The molecule has 5 heteroatoms. The Morgan fingerprint density at radius 2 is 2.33 bits per heavy atom. The van der Waals surface area contributed by atoms with Crippen LogP contribution in [0.5, 0.6) is 0 Å². The van der Waals surface area contributed by atoms with Crippen LogP contribution in [-0.4, -0.2) is 23.7 Å². The lowest BCUT2D eigenvalue weighted by atomic mass is 10.2.